The van der Waals surface area contributed by atoms with Gasteiger partial charge in [-0.3, -0.25) is 14.5 Å². The van der Waals surface area contributed by atoms with Crippen LogP contribution in [0.15, 0.2) is 79.1 Å². The molecule has 3 amide bonds. The van der Waals surface area contributed by atoms with Gasteiger partial charge in [-0.25, -0.2) is 9.48 Å². The highest BCUT2D eigenvalue weighted by Gasteiger charge is 2.44. The number of benzene rings is 3. The number of amides is 3. The molecule has 3 saturated heterocycles. The Kier molecular flexibility index (Phi) is 12.0. The third kappa shape index (κ3) is 8.80. The van der Waals surface area contributed by atoms with Gasteiger partial charge in [0.1, 0.15) is 6.33 Å². The first-order chi connectivity index (χ1) is 26.7. The number of nitrogens with zero attached hydrogens (tertiary/aromatic N) is 8. The molecule has 0 saturated carbocycles. The number of nitrogens with one attached hydrogen (secondary N) is 1. The molecule has 55 heavy (non-hydrogen) atoms. The summed E-state index contributed by atoms with van der Waals surface area (Å²) in [6.45, 7) is 8.30. The SMILES string of the molecule is CCOC(=O)CN1CCN(C(=O)NC2(c3ccccc3)CCN(CCC3(c4ccc(Cl)c(Cl)c4)CCN(C(=O)c4cccc(-n5cnnn5)c4)C3)CC2)CC1. The average Bonchev–Trinajstić information content (AvgIpc) is 3.91. The lowest BCUT2D eigenvalue weighted by atomic mass is 9.76. The molecule has 15 heteroatoms. The summed E-state index contributed by atoms with van der Waals surface area (Å²) in [7, 11) is 0. The van der Waals surface area contributed by atoms with Gasteiger partial charge in [-0.05, 0) is 91.0 Å². The summed E-state index contributed by atoms with van der Waals surface area (Å²) in [4.78, 5) is 48.1. The van der Waals surface area contributed by atoms with Crippen molar-refractivity contribution in [1.29, 1.82) is 0 Å². The maximum atomic E-state index is 14.0. The minimum atomic E-state index is -0.508. The van der Waals surface area contributed by atoms with Crippen molar-refractivity contribution in [1.82, 2.24) is 45.1 Å². The van der Waals surface area contributed by atoms with Crippen molar-refractivity contribution in [2.75, 3.05) is 72.1 Å². The maximum absolute atomic E-state index is 14.0. The van der Waals surface area contributed by atoms with E-state index in [4.69, 9.17) is 27.9 Å². The van der Waals surface area contributed by atoms with E-state index in [9.17, 15) is 14.4 Å². The summed E-state index contributed by atoms with van der Waals surface area (Å²) in [5.74, 6) is -0.278. The molecular weight excluding hydrogens is 741 g/mol. The second kappa shape index (κ2) is 17.1. The van der Waals surface area contributed by atoms with Gasteiger partial charge in [0, 0.05) is 63.3 Å². The summed E-state index contributed by atoms with van der Waals surface area (Å²) in [6.07, 6.45) is 4.63. The summed E-state index contributed by atoms with van der Waals surface area (Å²) in [6, 6.07) is 23.4. The number of carbonyl (C=O) groups is 3. The van der Waals surface area contributed by atoms with Crippen LogP contribution in [-0.2, 0) is 20.5 Å². The van der Waals surface area contributed by atoms with Crippen LogP contribution < -0.4 is 5.32 Å². The number of urea groups is 1. The van der Waals surface area contributed by atoms with Crippen LogP contribution >= 0.6 is 23.2 Å². The fraction of sp³-hybridized carbons (Fsp3) is 0.450. The van der Waals surface area contributed by atoms with Crippen molar-refractivity contribution >= 4 is 41.1 Å². The van der Waals surface area contributed by atoms with Gasteiger partial charge in [0.25, 0.3) is 5.91 Å². The number of hydrogen-bond donors (Lipinski definition) is 1. The number of carbonyl (C=O) groups excluding carboxylic acids is 3. The Morgan fingerprint density at radius 1 is 0.800 bits per heavy atom. The van der Waals surface area contributed by atoms with E-state index in [0.29, 0.717) is 67.2 Å². The molecule has 3 fully saturated rings. The van der Waals surface area contributed by atoms with Crippen molar-refractivity contribution < 1.29 is 19.1 Å². The van der Waals surface area contributed by atoms with E-state index < -0.39 is 5.54 Å². The number of hydrogen-bond acceptors (Lipinski definition) is 9. The Hall–Kier alpha value is -4.56. The number of ether oxygens (including phenoxy) is 1. The Balaban J connectivity index is 1.02. The van der Waals surface area contributed by atoms with Gasteiger partial charge >= 0.3 is 12.0 Å². The van der Waals surface area contributed by atoms with Gasteiger partial charge in [0.15, 0.2) is 0 Å². The number of likely N-dealkylation sites (tertiary alicyclic amines) is 2. The molecule has 3 aliphatic heterocycles. The second-order valence-electron chi connectivity index (χ2n) is 14.7. The number of esters is 1. The van der Waals surface area contributed by atoms with Crippen molar-refractivity contribution in [2.24, 2.45) is 0 Å². The molecule has 0 bridgehead atoms. The predicted octanol–water partition coefficient (Wildman–Crippen LogP) is 5.02. The smallest absolute Gasteiger partial charge is 0.320 e. The summed E-state index contributed by atoms with van der Waals surface area (Å²) >= 11 is 13.0. The highest BCUT2D eigenvalue weighted by atomic mass is 35.5. The number of piperazine rings is 1. The quantitative estimate of drug-likeness (QED) is 0.208. The van der Waals surface area contributed by atoms with E-state index in [2.05, 4.69) is 37.9 Å². The maximum Gasteiger partial charge on any atom is 0.320 e. The number of tetrazole rings is 1. The van der Waals surface area contributed by atoms with Crippen LogP contribution in [0.25, 0.3) is 5.69 Å². The summed E-state index contributed by atoms with van der Waals surface area (Å²) in [5.41, 5.74) is 2.63. The monoisotopic (exact) mass is 787 g/mol. The zero-order valence-corrected chi connectivity index (χ0v) is 32.6. The zero-order chi connectivity index (χ0) is 38.4. The summed E-state index contributed by atoms with van der Waals surface area (Å²) in [5, 5.41) is 15.9. The van der Waals surface area contributed by atoms with Crippen LogP contribution in [0.4, 0.5) is 4.79 Å². The number of piperidine rings is 1. The average molecular weight is 789 g/mol. The molecule has 13 nitrogen and oxygen atoms in total. The van der Waals surface area contributed by atoms with Crippen molar-refractivity contribution in [3.05, 3.63) is 106 Å². The van der Waals surface area contributed by atoms with E-state index in [1.54, 1.807) is 6.92 Å². The van der Waals surface area contributed by atoms with Crippen molar-refractivity contribution in [3.8, 4) is 5.69 Å². The number of rotatable bonds is 11. The third-order valence-corrected chi connectivity index (χ3v) is 12.2. The molecule has 4 heterocycles. The fourth-order valence-corrected chi connectivity index (χ4v) is 8.55. The predicted molar refractivity (Wildman–Crippen MR) is 209 cm³/mol. The highest BCUT2D eigenvalue weighted by molar-refractivity contribution is 6.42. The van der Waals surface area contributed by atoms with Crippen LogP contribution in [0.5, 0.6) is 0 Å². The first-order valence-electron chi connectivity index (χ1n) is 19.0. The Morgan fingerprint density at radius 3 is 2.29 bits per heavy atom. The first-order valence-corrected chi connectivity index (χ1v) is 19.7. The van der Waals surface area contributed by atoms with E-state index in [-0.39, 0.29) is 29.9 Å². The van der Waals surface area contributed by atoms with E-state index in [0.717, 1.165) is 56.4 Å². The Morgan fingerprint density at radius 2 is 1.58 bits per heavy atom. The van der Waals surface area contributed by atoms with Gasteiger partial charge in [0.05, 0.1) is 34.4 Å². The zero-order valence-electron chi connectivity index (χ0n) is 31.1. The van der Waals surface area contributed by atoms with Crippen molar-refractivity contribution in [3.63, 3.8) is 0 Å². The van der Waals surface area contributed by atoms with Gasteiger partial charge in [-0.2, -0.15) is 0 Å². The van der Waals surface area contributed by atoms with Crippen LogP contribution in [0.1, 0.15) is 54.1 Å². The van der Waals surface area contributed by atoms with Gasteiger partial charge in [-0.15, -0.1) is 5.10 Å². The number of halogens is 2. The molecule has 1 atom stereocenters. The molecule has 290 valence electrons. The minimum absolute atomic E-state index is 0.0429. The van der Waals surface area contributed by atoms with E-state index >= 15 is 0 Å². The standard InChI is InChI=1S/C40H47Cl2N9O4/c1-2-55-36(52)27-48-21-23-49(24-22-48)38(54)44-40(31-8-4-3-5-9-31)15-18-47(19-16-40)17-13-39(32-11-12-34(41)35(42)26-32)14-20-50(28-39)37(53)30-7-6-10-33(25-30)51-29-43-45-46-51/h3-12,25-26,29H,2,13-24,27-28H2,1H3,(H,44,54). The molecule has 1 aromatic heterocycles. The molecule has 1 unspecified atom stereocenters. The van der Waals surface area contributed by atoms with Crippen LogP contribution in [0.3, 0.4) is 0 Å². The van der Waals surface area contributed by atoms with Crippen LogP contribution in [-0.4, -0.2) is 130 Å². The molecule has 0 spiro atoms. The van der Waals surface area contributed by atoms with Gasteiger partial charge in [-0.1, -0.05) is 65.7 Å². The topological polar surface area (TPSA) is 129 Å². The summed E-state index contributed by atoms with van der Waals surface area (Å²) < 4.78 is 6.65. The molecule has 4 aromatic rings. The molecule has 1 N–H and O–H groups in total. The lowest BCUT2D eigenvalue weighted by molar-refractivity contribution is -0.144. The molecule has 0 radical (unpaired) electrons. The van der Waals surface area contributed by atoms with Gasteiger partial charge < -0.3 is 24.8 Å². The normalized spacial score (nSPS) is 20.3. The fourth-order valence-electron chi connectivity index (χ4n) is 8.25. The van der Waals surface area contributed by atoms with Crippen LogP contribution in [0.2, 0.25) is 10.0 Å². The number of aromatic nitrogens is 4. The second-order valence-corrected chi connectivity index (χ2v) is 15.5. The van der Waals surface area contributed by atoms with Crippen molar-refractivity contribution in [2.45, 2.75) is 43.6 Å². The van der Waals surface area contributed by atoms with E-state index in [1.165, 1.54) is 11.0 Å². The lowest BCUT2D eigenvalue weighted by Gasteiger charge is -2.45. The Bertz CT molecular complexity index is 1950. The van der Waals surface area contributed by atoms with E-state index in [1.807, 2.05) is 75.4 Å². The van der Waals surface area contributed by atoms with Gasteiger partial charge in [0.2, 0.25) is 0 Å². The minimum Gasteiger partial charge on any atom is -0.465 e. The molecule has 3 aromatic carbocycles. The molecule has 0 aliphatic carbocycles. The van der Waals surface area contributed by atoms with Crippen LogP contribution in [0, 0.1) is 0 Å². The largest absolute Gasteiger partial charge is 0.465 e. The molecule has 7 rings (SSSR count). The molecule has 3 aliphatic rings. The third-order valence-electron chi connectivity index (χ3n) is 11.5. The molecular formula is C40H47Cl2N9O4. The highest BCUT2D eigenvalue weighted by Crippen LogP contribution is 2.42. The Labute approximate surface area is 331 Å². The first kappa shape index (κ1) is 38.7. The lowest BCUT2D eigenvalue weighted by Crippen LogP contribution is -2.59.